The number of esters is 2. The van der Waals surface area contributed by atoms with Crippen LogP contribution in [0.2, 0.25) is 0 Å². The molecule has 0 spiro atoms. The van der Waals surface area contributed by atoms with Gasteiger partial charge in [0.1, 0.15) is 122 Å². The van der Waals surface area contributed by atoms with Gasteiger partial charge in [0.15, 0.2) is 30.5 Å². The predicted octanol–water partition coefficient (Wildman–Crippen LogP) is -11.1. The summed E-state index contributed by atoms with van der Waals surface area (Å²) >= 11 is 0. The Morgan fingerprint density at radius 1 is 0.624 bits per heavy atom. The van der Waals surface area contributed by atoms with E-state index in [2.05, 4.69) is 47.2 Å². The highest BCUT2D eigenvalue weighted by Gasteiger charge is 2.55. The fourth-order valence-electron chi connectivity index (χ4n) is 12.1. The third-order valence-electron chi connectivity index (χ3n) is 18.0. The molecule has 25 atom stereocenters. The van der Waals surface area contributed by atoms with Crippen LogP contribution >= 0.6 is 0 Å². The Labute approximate surface area is 576 Å². The van der Waals surface area contributed by atoms with Gasteiger partial charge in [0.05, 0.1) is 51.5 Å². The molecule has 2 aromatic carbocycles. The Morgan fingerprint density at radius 2 is 1.26 bits per heavy atom. The number of rotatable bonds is 22. The number of hydrogen-bond donors (Lipinski definition) is 21. The molecule has 5 unspecified atom stereocenters. The summed E-state index contributed by atoms with van der Waals surface area (Å²) in [6.07, 6.45) is -31.8. The lowest BCUT2D eigenvalue weighted by atomic mass is 9.92. The number of ether oxygens (including phenoxy) is 7. The van der Waals surface area contributed by atoms with E-state index in [0.717, 1.165) is 11.8 Å². The number of hydrogen-bond acceptors (Lipinski definition) is 33. The molecule has 0 bridgehead atoms. The number of aliphatic hydroxyl groups is 12. The number of nitrogens with one attached hydrogen (secondary N) is 7. The minimum atomic E-state index is -2.36. The molecule has 0 saturated carbocycles. The lowest BCUT2D eigenvalue weighted by Crippen LogP contribution is -2.70. The smallest absolute Gasteiger partial charge is 0.306 e. The maximum absolute atomic E-state index is 15.2. The number of nitrogens with zero attached hydrogens (tertiary/aromatic N) is 3. The number of carbonyl (C=O) groups is 8. The van der Waals surface area contributed by atoms with Gasteiger partial charge in [0, 0.05) is 25.7 Å². The van der Waals surface area contributed by atoms with E-state index in [1.165, 1.54) is 24.3 Å². The fourth-order valence-corrected chi connectivity index (χ4v) is 12.1. The first-order chi connectivity index (χ1) is 47.9. The molecule has 39 heteroatoms. The molecule has 560 valence electrons. The molecular weight excluding hydrogens is 1340 g/mol. The third kappa shape index (κ3) is 19.2. The highest BCUT2D eigenvalue weighted by molar-refractivity contribution is 5.98. The first-order valence-electron chi connectivity index (χ1n) is 32.6. The molecule has 8 rings (SSSR count). The number of amides is 6. The van der Waals surface area contributed by atoms with Gasteiger partial charge in [-0.15, -0.1) is 0 Å². The van der Waals surface area contributed by atoms with Crippen LogP contribution in [0, 0.1) is 5.92 Å². The van der Waals surface area contributed by atoms with Crippen molar-refractivity contribution in [2.45, 2.75) is 199 Å². The van der Waals surface area contributed by atoms with Crippen LogP contribution in [0.25, 0.3) is 0 Å². The molecule has 101 heavy (non-hydrogen) atoms. The number of carbonyl (C=O) groups excluding carboxylic acids is 8. The summed E-state index contributed by atoms with van der Waals surface area (Å²) in [6.45, 7) is 0.933. The Morgan fingerprint density at radius 3 is 1.89 bits per heavy atom. The van der Waals surface area contributed by atoms with Crippen molar-refractivity contribution in [3.63, 3.8) is 0 Å². The van der Waals surface area contributed by atoms with Crippen LogP contribution in [0.5, 0.6) is 5.75 Å². The second kappa shape index (κ2) is 35.2. The summed E-state index contributed by atoms with van der Waals surface area (Å²) in [4.78, 5) is 121. The van der Waals surface area contributed by atoms with Gasteiger partial charge >= 0.3 is 11.9 Å². The highest BCUT2D eigenvalue weighted by atomic mass is 16.7. The van der Waals surface area contributed by atoms with Crippen LogP contribution in [0.1, 0.15) is 57.6 Å². The van der Waals surface area contributed by atoms with Crippen LogP contribution in [0.4, 0.5) is 0 Å². The van der Waals surface area contributed by atoms with E-state index in [9.17, 15) is 90.0 Å². The van der Waals surface area contributed by atoms with E-state index in [1.54, 1.807) is 37.3 Å². The fraction of sp³-hybridized carbons (Fsp3) is 0.645. The molecule has 23 N–H and O–H groups in total. The first kappa shape index (κ1) is 78.6. The third-order valence-corrected chi connectivity index (χ3v) is 18.0. The molecule has 6 aliphatic rings. The van der Waals surface area contributed by atoms with Crippen molar-refractivity contribution in [3.8, 4) is 5.75 Å². The normalized spacial score (nSPS) is 34.9. The zero-order valence-corrected chi connectivity index (χ0v) is 55.3. The molecule has 0 aromatic heterocycles. The SMILES string of the molecule is CC(=O)OC[C@H]1O[C@H](O[C@H]2[C@H](O)[C@H](O)[C@@H](Oc3ccc(C[C@H]4NC(=O)[C@H](C(C)c5ccccc5)NC(=O)CNC(=O)[C@H](CO)NC(=O)[C@@H](C(O)C5CN=C(N)N5[C@H]5O[C@H](CO)[C@@H](O)[C@H](O)[C@@H]5O)NC(=O)[C@H](C(O)C5CN=C(N)N5)NC4=O)cc3)O[C@@H]2CO)[C@@H](O)[C@@H](OC(=O)CCC(C)C)[C@@H]1O. The minimum absolute atomic E-state index is 0.0805. The molecule has 2 aromatic rings. The van der Waals surface area contributed by atoms with Gasteiger partial charge in [-0.1, -0.05) is 63.2 Å². The van der Waals surface area contributed by atoms with Crippen LogP contribution in [-0.4, -0.2) is 318 Å². The van der Waals surface area contributed by atoms with Gasteiger partial charge in [-0.2, -0.15) is 0 Å². The van der Waals surface area contributed by atoms with Crippen molar-refractivity contribution >= 4 is 59.3 Å². The summed E-state index contributed by atoms with van der Waals surface area (Å²) in [5.41, 5.74) is 12.8. The number of aliphatic imine (C=N–C) groups is 2. The number of benzene rings is 2. The average molecular weight is 1440 g/mol. The first-order valence-corrected chi connectivity index (χ1v) is 32.6. The largest absolute Gasteiger partial charge is 0.463 e. The van der Waals surface area contributed by atoms with Gasteiger partial charge < -0.3 is 148 Å². The molecule has 6 amide bonds. The van der Waals surface area contributed by atoms with Crippen LogP contribution in [0.15, 0.2) is 64.6 Å². The topological polar surface area (TPSA) is 608 Å². The van der Waals surface area contributed by atoms with E-state index >= 15 is 9.59 Å². The van der Waals surface area contributed by atoms with E-state index in [4.69, 9.17) is 44.6 Å². The predicted molar refractivity (Wildman–Crippen MR) is 341 cm³/mol. The monoisotopic (exact) mass is 1430 g/mol. The lowest BCUT2D eigenvalue weighted by Gasteiger charge is -2.46. The standard InChI is InChI=1S/C62H90N12O27/c1-24(2)10-15-38(80)100-52-45(84)36(23-95-26(4)78)99-60(50(52)89)101-51-35(22-77)98-59(49(88)47(51)86)96-29-13-11-27(12-14-29)16-30-54(91)72-40(42(81)31-17-66-61(63)70-31)57(94)73-41(43(82)33-18-67-62(64)74(33)58-48(87)46(85)44(83)34(21-76)97-58)56(93)69-32(20-75)53(90)65-19-37(79)71-39(55(92)68-30)25(3)28-8-6-5-7-9-28/h5-9,11-14,24-25,30-36,39-52,58-60,75-77,81-89H,10,15-23H2,1-4H3,(H2,64,67)(H,65,90)(H,68,92)(H,69,93)(H,71,79)(H,72,91)(H,73,94)(H3,63,66,70)/t25?,30-,31?,32+,33?,34-,35-,36-,39+,40+,41-,42?,43?,44-,45-,46+,47-,48+,49+,50+,51-,52+,58+,59+,60-/m1/s1. The van der Waals surface area contributed by atoms with Gasteiger partial charge in [0.2, 0.25) is 41.7 Å². The van der Waals surface area contributed by atoms with Gasteiger partial charge in [-0.05, 0) is 35.6 Å². The van der Waals surface area contributed by atoms with E-state index < -0.39 is 252 Å². The van der Waals surface area contributed by atoms with Gasteiger partial charge in [-0.25, -0.2) is 0 Å². The van der Waals surface area contributed by atoms with E-state index in [0.29, 0.717) is 12.0 Å². The summed E-state index contributed by atoms with van der Waals surface area (Å²) in [5.74, 6) is -10.6. The molecule has 4 saturated heterocycles. The minimum Gasteiger partial charge on any atom is -0.463 e. The summed E-state index contributed by atoms with van der Waals surface area (Å²) < 4.78 is 39.6. The second-order valence-corrected chi connectivity index (χ2v) is 25.6. The molecular formula is C62H90N12O27. The van der Waals surface area contributed by atoms with Crippen LogP contribution < -0.4 is 53.4 Å². The van der Waals surface area contributed by atoms with Crippen molar-refractivity contribution in [3.05, 3.63) is 65.7 Å². The molecule has 0 aliphatic carbocycles. The molecule has 0 radical (unpaired) electrons. The lowest BCUT2D eigenvalue weighted by molar-refractivity contribution is -0.353. The Bertz CT molecular complexity index is 3250. The number of guanidine groups is 2. The van der Waals surface area contributed by atoms with Crippen LogP contribution in [0.3, 0.4) is 0 Å². The average Bonchev–Trinajstić information content (AvgIpc) is 1.77. The summed E-state index contributed by atoms with van der Waals surface area (Å²) in [6, 6.07) is 0.664. The Balaban J connectivity index is 1.08. The van der Waals surface area contributed by atoms with Crippen molar-refractivity contribution in [1.29, 1.82) is 0 Å². The van der Waals surface area contributed by atoms with Gasteiger partial charge in [0.25, 0.3) is 0 Å². The zero-order chi connectivity index (χ0) is 73.8. The summed E-state index contributed by atoms with van der Waals surface area (Å²) in [5, 5.41) is 151. The highest BCUT2D eigenvalue weighted by Crippen LogP contribution is 2.34. The van der Waals surface area contributed by atoms with Gasteiger partial charge in [-0.3, -0.25) is 48.3 Å². The Hall–Kier alpha value is -8.10. The van der Waals surface area contributed by atoms with Crippen molar-refractivity contribution in [2.75, 3.05) is 46.1 Å². The molecule has 6 heterocycles. The molecule has 39 nitrogen and oxygen atoms in total. The zero-order valence-electron chi connectivity index (χ0n) is 55.3. The molecule has 4 fully saturated rings. The molecule has 6 aliphatic heterocycles. The Kier molecular flexibility index (Phi) is 27.4. The second-order valence-electron chi connectivity index (χ2n) is 25.6. The van der Waals surface area contributed by atoms with Crippen LogP contribution in [-0.2, 0) is 73.2 Å². The van der Waals surface area contributed by atoms with E-state index in [1.807, 2.05) is 13.8 Å². The quantitative estimate of drug-likeness (QED) is 0.0487. The van der Waals surface area contributed by atoms with E-state index in [-0.39, 0.29) is 36.2 Å². The number of nitrogens with two attached hydrogens (primary N) is 2. The number of aliphatic hydroxyl groups excluding tert-OH is 12. The maximum Gasteiger partial charge on any atom is 0.306 e. The summed E-state index contributed by atoms with van der Waals surface area (Å²) in [7, 11) is 0. The van der Waals surface area contributed by atoms with Crippen molar-refractivity contribution in [2.24, 2.45) is 27.4 Å². The van der Waals surface area contributed by atoms with Crippen molar-refractivity contribution < 1.29 is 133 Å². The maximum atomic E-state index is 15.2. The van der Waals surface area contributed by atoms with Crippen molar-refractivity contribution in [1.82, 2.24) is 42.1 Å².